The van der Waals surface area contributed by atoms with Crippen LogP contribution in [0.1, 0.15) is 0 Å². The molecule has 0 atom stereocenters. The highest BCUT2D eigenvalue weighted by Crippen LogP contribution is 2.33. The summed E-state index contributed by atoms with van der Waals surface area (Å²) in [7, 11) is 1.62. The minimum absolute atomic E-state index is 0.0812. The van der Waals surface area contributed by atoms with Gasteiger partial charge in [0.25, 0.3) is 0 Å². The van der Waals surface area contributed by atoms with E-state index in [0.717, 1.165) is 17.0 Å². The number of methoxy groups -OCH3 is 1. The zero-order valence-electron chi connectivity index (χ0n) is 11.4. The Morgan fingerprint density at radius 2 is 1.76 bits per heavy atom. The van der Waals surface area contributed by atoms with Gasteiger partial charge in [-0.05, 0) is 48.5 Å². The number of aromatic hydroxyl groups is 2. The maximum absolute atomic E-state index is 9.86. The smallest absolute Gasteiger partial charge is 0.125 e. The molecule has 5 nitrogen and oxygen atoms in total. The van der Waals surface area contributed by atoms with Crippen LogP contribution < -0.4 is 4.74 Å². The SMILES string of the molecule is COc1ccc(-c2cc(-c3cc(O)ccc3O)[nH]n2)cc1. The largest absolute Gasteiger partial charge is 0.508 e. The number of H-pyrrole nitrogens is 1. The first-order valence-electron chi connectivity index (χ1n) is 6.39. The standard InChI is InChI=1S/C16H14N2O3/c1-21-12-5-2-10(3-6-12)14-9-15(18-17-14)13-8-11(19)4-7-16(13)20/h2-9,19-20H,1H3,(H,17,18). The zero-order chi connectivity index (χ0) is 14.8. The molecule has 0 saturated carbocycles. The van der Waals surface area contributed by atoms with Crippen molar-refractivity contribution in [3.63, 3.8) is 0 Å². The van der Waals surface area contributed by atoms with Crippen molar-refractivity contribution in [3.8, 4) is 39.8 Å². The summed E-state index contributed by atoms with van der Waals surface area (Å²) in [5.41, 5.74) is 2.81. The Morgan fingerprint density at radius 1 is 1.00 bits per heavy atom. The molecule has 0 aliphatic heterocycles. The minimum atomic E-state index is 0.0812. The third kappa shape index (κ3) is 2.53. The lowest BCUT2D eigenvalue weighted by Gasteiger charge is -2.02. The number of hydrogen-bond donors (Lipinski definition) is 3. The van der Waals surface area contributed by atoms with E-state index in [-0.39, 0.29) is 11.5 Å². The Bertz CT molecular complexity index is 763. The quantitative estimate of drug-likeness (QED) is 0.645. The molecule has 106 valence electrons. The molecule has 3 aromatic rings. The first kappa shape index (κ1) is 13.1. The summed E-state index contributed by atoms with van der Waals surface area (Å²) in [6.07, 6.45) is 0. The summed E-state index contributed by atoms with van der Waals surface area (Å²) in [6, 6.07) is 13.7. The molecule has 5 heteroatoms. The Morgan fingerprint density at radius 3 is 2.48 bits per heavy atom. The summed E-state index contributed by atoms with van der Waals surface area (Å²) in [5.74, 6) is 0.946. The fourth-order valence-corrected chi connectivity index (χ4v) is 2.11. The lowest BCUT2D eigenvalue weighted by atomic mass is 10.1. The maximum Gasteiger partial charge on any atom is 0.125 e. The number of hydrogen-bond acceptors (Lipinski definition) is 4. The number of rotatable bonds is 3. The number of nitrogens with zero attached hydrogens (tertiary/aromatic N) is 1. The Balaban J connectivity index is 1.97. The first-order chi connectivity index (χ1) is 10.2. The van der Waals surface area contributed by atoms with Crippen LogP contribution >= 0.6 is 0 Å². The molecule has 0 aliphatic rings. The number of benzene rings is 2. The predicted octanol–water partition coefficient (Wildman–Crippen LogP) is 3.16. The molecular weight excluding hydrogens is 268 g/mol. The average Bonchev–Trinajstić information content (AvgIpc) is 2.99. The lowest BCUT2D eigenvalue weighted by molar-refractivity contribution is 0.415. The molecule has 2 aromatic carbocycles. The van der Waals surface area contributed by atoms with Gasteiger partial charge in [0.15, 0.2) is 0 Å². The van der Waals surface area contributed by atoms with Gasteiger partial charge in [-0.2, -0.15) is 5.10 Å². The molecule has 0 unspecified atom stereocenters. The Kier molecular flexibility index (Phi) is 3.23. The topological polar surface area (TPSA) is 78.4 Å². The summed E-state index contributed by atoms with van der Waals surface area (Å²) >= 11 is 0. The molecule has 1 heterocycles. The van der Waals surface area contributed by atoms with Crippen LogP contribution in [0.2, 0.25) is 0 Å². The molecule has 0 bridgehead atoms. The fourth-order valence-electron chi connectivity index (χ4n) is 2.11. The van der Waals surface area contributed by atoms with Crippen molar-refractivity contribution < 1.29 is 14.9 Å². The number of nitrogens with one attached hydrogen (secondary N) is 1. The van der Waals surface area contributed by atoms with Crippen LogP contribution in [0, 0.1) is 0 Å². The van der Waals surface area contributed by atoms with Crippen molar-refractivity contribution in [1.29, 1.82) is 0 Å². The number of ether oxygens (including phenoxy) is 1. The molecule has 0 radical (unpaired) electrons. The van der Waals surface area contributed by atoms with Crippen LogP contribution in [0.5, 0.6) is 17.2 Å². The van der Waals surface area contributed by atoms with Crippen molar-refractivity contribution >= 4 is 0 Å². The monoisotopic (exact) mass is 282 g/mol. The van der Waals surface area contributed by atoms with Crippen LogP contribution in [0.3, 0.4) is 0 Å². The van der Waals surface area contributed by atoms with Gasteiger partial charge in [-0.25, -0.2) is 0 Å². The van der Waals surface area contributed by atoms with E-state index in [0.29, 0.717) is 11.3 Å². The molecule has 0 amide bonds. The highest BCUT2D eigenvalue weighted by molar-refractivity contribution is 5.73. The normalized spacial score (nSPS) is 10.5. The molecule has 21 heavy (non-hydrogen) atoms. The summed E-state index contributed by atoms with van der Waals surface area (Å²) in [5, 5.41) is 26.5. The van der Waals surface area contributed by atoms with Gasteiger partial charge < -0.3 is 14.9 Å². The summed E-state index contributed by atoms with van der Waals surface area (Å²) in [4.78, 5) is 0. The van der Waals surface area contributed by atoms with Crippen molar-refractivity contribution in [2.75, 3.05) is 7.11 Å². The van der Waals surface area contributed by atoms with E-state index in [2.05, 4.69) is 10.2 Å². The van der Waals surface area contributed by atoms with Crippen LogP contribution in [0.15, 0.2) is 48.5 Å². The number of aromatic nitrogens is 2. The van der Waals surface area contributed by atoms with Crippen LogP contribution in [0.25, 0.3) is 22.5 Å². The average molecular weight is 282 g/mol. The third-order valence-electron chi connectivity index (χ3n) is 3.23. The molecule has 0 fully saturated rings. The molecular formula is C16H14N2O3. The summed E-state index contributed by atoms with van der Waals surface area (Å²) in [6.45, 7) is 0. The second-order valence-electron chi connectivity index (χ2n) is 4.60. The third-order valence-corrected chi connectivity index (χ3v) is 3.23. The lowest BCUT2D eigenvalue weighted by Crippen LogP contribution is -1.82. The van der Waals surface area contributed by atoms with Gasteiger partial charge in [-0.1, -0.05) is 0 Å². The summed E-state index contributed by atoms with van der Waals surface area (Å²) < 4.78 is 5.12. The zero-order valence-corrected chi connectivity index (χ0v) is 11.4. The van der Waals surface area contributed by atoms with Gasteiger partial charge in [-0.15, -0.1) is 0 Å². The van der Waals surface area contributed by atoms with E-state index in [4.69, 9.17) is 4.74 Å². The van der Waals surface area contributed by atoms with Crippen LogP contribution in [-0.2, 0) is 0 Å². The molecule has 1 aromatic heterocycles. The van der Waals surface area contributed by atoms with E-state index in [1.807, 2.05) is 30.3 Å². The number of phenolic OH excluding ortho intramolecular Hbond substituents is 2. The number of phenols is 2. The van der Waals surface area contributed by atoms with E-state index < -0.39 is 0 Å². The fraction of sp³-hybridized carbons (Fsp3) is 0.0625. The van der Waals surface area contributed by atoms with Crippen molar-refractivity contribution in [2.45, 2.75) is 0 Å². The van der Waals surface area contributed by atoms with Crippen LogP contribution in [-0.4, -0.2) is 27.5 Å². The molecule has 3 N–H and O–H groups in total. The predicted molar refractivity (Wildman–Crippen MR) is 79.3 cm³/mol. The minimum Gasteiger partial charge on any atom is -0.508 e. The van der Waals surface area contributed by atoms with E-state index in [1.54, 1.807) is 7.11 Å². The molecule has 0 spiro atoms. The highest BCUT2D eigenvalue weighted by Gasteiger charge is 2.10. The Hall–Kier alpha value is -2.95. The van der Waals surface area contributed by atoms with Gasteiger partial charge >= 0.3 is 0 Å². The molecule has 0 aliphatic carbocycles. The van der Waals surface area contributed by atoms with Crippen molar-refractivity contribution in [1.82, 2.24) is 10.2 Å². The second-order valence-corrected chi connectivity index (χ2v) is 4.60. The van der Waals surface area contributed by atoms with Gasteiger partial charge in [0.1, 0.15) is 17.2 Å². The van der Waals surface area contributed by atoms with E-state index in [1.165, 1.54) is 18.2 Å². The number of aromatic amines is 1. The van der Waals surface area contributed by atoms with Crippen molar-refractivity contribution in [3.05, 3.63) is 48.5 Å². The molecule has 3 rings (SSSR count). The van der Waals surface area contributed by atoms with E-state index in [9.17, 15) is 10.2 Å². The Labute approximate surface area is 121 Å². The van der Waals surface area contributed by atoms with Crippen LogP contribution in [0.4, 0.5) is 0 Å². The van der Waals surface area contributed by atoms with Gasteiger partial charge in [0, 0.05) is 11.1 Å². The molecule has 0 saturated heterocycles. The maximum atomic E-state index is 9.86. The van der Waals surface area contributed by atoms with Crippen molar-refractivity contribution in [2.24, 2.45) is 0 Å². The van der Waals surface area contributed by atoms with E-state index >= 15 is 0 Å². The highest BCUT2D eigenvalue weighted by atomic mass is 16.5. The van der Waals surface area contributed by atoms with Gasteiger partial charge in [-0.3, -0.25) is 5.10 Å². The first-order valence-corrected chi connectivity index (χ1v) is 6.39. The second kappa shape index (κ2) is 5.20. The van der Waals surface area contributed by atoms with Gasteiger partial charge in [0.2, 0.25) is 0 Å². The van der Waals surface area contributed by atoms with Gasteiger partial charge in [0.05, 0.1) is 18.5 Å².